The minimum absolute atomic E-state index is 0.163. The number of esters is 1. The molecule has 1 aliphatic rings. The fourth-order valence-corrected chi connectivity index (χ4v) is 4.65. The van der Waals surface area contributed by atoms with E-state index in [9.17, 15) is 9.18 Å². The van der Waals surface area contributed by atoms with Crippen LogP contribution in [0.4, 0.5) is 4.39 Å². The maximum absolute atomic E-state index is 14.1. The van der Waals surface area contributed by atoms with Crippen LogP contribution in [0.15, 0.2) is 36.7 Å². The van der Waals surface area contributed by atoms with Crippen LogP contribution in [-0.2, 0) is 16.0 Å². The topological polar surface area (TPSA) is 52.1 Å². The standard InChI is InChI=1S/C29H41FN2O2/c1-4-6-7-8-9-10-22-19-31-28(32-20-22)25-13-11-23(12-14-25)24-15-17-26(18-16-24)34-29(33)27(30)21(3)5-2/h11-14,19-21,24,26-27H,4-10,15-18H2,1-3H3/t21-,24-,26-,27-/m0/s1. The molecular weight excluding hydrogens is 427 g/mol. The quantitative estimate of drug-likeness (QED) is 0.238. The van der Waals surface area contributed by atoms with E-state index < -0.39 is 12.1 Å². The molecule has 1 heterocycles. The predicted octanol–water partition coefficient (Wildman–Crippen LogP) is 7.61. The average molecular weight is 469 g/mol. The lowest BCUT2D eigenvalue weighted by atomic mass is 9.82. The first-order valence-electron chi connectivity index (χ1n) is 13.3. The highest BCUT2D eigenvalue weighted by atomic mass is 19.1. The summed E-state index contributed by atoms with van der Waals surface area (Å²) < 4.78 is 19.6. The summed E-state index contributed by atoms with van der Waals surface area (Å²) in [4.78, 5) is 21.2. The van der Waals surface area contributed by atoms with Crippen molar-refractivity contribution in [2.45, 2.75) is 110 Å². The van der Waals surface area contributed by atoms with Crippen LogP contribution in [0.1, 0.15) is 102 Å². The molecule has 4 nitrogen and oxygen atoms in total. The van der Waals surface area contributed by atoms with Crippen LogP contribution in [0.5, 0.6) is 0 Å². The molecular formula is C29H41FN2O2. The van der Waals surface area contributed by atoms with Crippen molar-refractivity contribution in [3.05, 3.63) is 47.8 Å². The van der Waals surface area contributed by atoms with Crippen molar-refractivity contribution in [2.75, 3.05) is 0 Å². The highest BCUT2D eigenvalue weighted by Crippen LogP contribution is 2.35. The van der Waals surface area contributed by atoms with Gasteiger partial charge in [0, 0.05) is 18.0 Å². The van der Waals surface area contributed by atoms with Crippen molar-refractivity contribution in [1.82, 2.24) is 9.97 Å². The Morgan fingerprint density at radius 1 is 1.00 bits per heavy atom. The Balaban J connectivity index is 1.46. The number of rotatable bonds is 12. The second-order valence-electron chi connectivity index (χ2n) is 9.90. The van der Waals surface area contributed by atoms with Gasteiger partial charge in [0.2, 0.25) is 0 Å². The molecule has 34 heavy (non-hydrogen) atoms. The molecule has 0 saturated heterocycles. The number of nitrogens with zero attached hydrogens (tertiary/aromatic N) is 2. The molecule has 1 fully saturated rings. The predicted molar refractivity (Wildman–Crippen MR) is 135 cm³/mol. The molecule has 2 atom stereocenters. The zero-order valence-corrected chi connectivity index (χ0v) is 21.1. The molecule has 0 radical (unpaired) electrons. The van der Waals surface area contributed by atoms with Gasteiger partial charge in [-0.1, -0.05) is 77.1 Å². The van der Waals surface area contributed by atoms with Crippen LogP contribution in [0.25, 0.3) is 11.4 Å². The number of carbonyl (C=O) groups is 1. The molecule has 0 spiro atoms. The number of alkyl halides is 1. The first-order chi connectivity index (χ1) is 16.5. The number of halogens is 1. The lowest BCUT2D eigenvalue weighted by Crippen LogP contribution is -2.31. The lowest BCUT2D eigenvalue weighted by Gasteiger charge is -2.29. The van der Waals surface area contributed by atoms with E-state index in [0.29, 0.717) is 12.3 Å². The molecule has 0 amide bonds. The zero-order chi connectivity index (χ0) is 24.3. The Bertz CT molecular complexity index is 861. The molecule has 1 saturated carbocycles. The van der Waals surface area contributed by atoms with Gasteiger partial charge in [-0.15, -0.1) is 0 Å². The molecule has 0 unspecified atom stereocenters. The monoisotopic (exact) mass is 468 g/mol. The number of aryl methyl sites for hydroxylation is 1. The second-order valence-corrected chi connectivity index (χ2v) is 9.90. The molecule has 0 N–H and O–H groups in total. The molecule has 2 aromatic rings. The van der Waals surface area contributed by atoms with E-state index in [4.69, 9.17) is 4.74 Å². The minimum Gasteiger partial charge on any atom is -0.460 e. The van der Waals surface area contributed by atoms with E-state index in [2.05, 4.69) is 41.2 Å². The van der Waals surface area contributed by atoms with Gasteiger partial charge in [0.25, 0.3) is 0 Å². The Kier molecular flexibility index (Phi) is 10.5. The van der Waals surface area contributed by atoms with E-state index in [0.717, 1.165) is 43.5 Å². The molecule has 1 aromatic heterocycles. The summed E-state index contributed by atoms with van der Waals surface area (Å²) in [6.45, 7) is 5.88. The number of hydrogen-bond acceptors (Lipinski definition) is 4. The van der Waals surface area contributed by atoms with Crippen molar-refractivity contribution in [1.29, 1.82) is 0 Å². The number of aromatic nitrogens is 2. The number of unbranched alkanes of at least 4 members (excludes halogenated alkanes) is 4. The number of ether oxygens (including phenoxy) is 1. The van der Waals surface area contributed by atoms with E-state index in [1.54, 1.807) is 6.92 Å². The van der Waals surface area contributed by atoms with Crippen LogP contribution in [0.2, 0.25) is 0 Å². The van der Waals surface area contributed by atoms with Crippen LogP contribution < -0.4 is 0 Å². The first-order valence-corrected chi connectivity index (χ1v) is 13.3. The highest BCUT2D eigenvalue weighted by molar-refractivity contribution is 5.75. The average Bonchev–Trinajstić information content (AvgIpc) is 2.88. The van der Waals surface area contributed by atoms with Crippen LogP contribution >= 0.6 is 0 Å². The van der Waals surface area contributed by atoms with Crippen molar-refractivity contribution >= 4 is 5.97 Å². The molecule has 0 aliphatic heterocycles. The summed E-state index contributed by atoms with van der Waals surface area (Å²) in [6, 6.07) is 8.53. The Morgan fingerprint density at radius 3 is 2.26 bits per heavy atom. The van der Waals surface area contributed by atoms with Gasteiger partial charge >= 0.3 is 5.97 Å². The van der Waals surface area contributed by atoms with Crippen LogP contribution in [-0.4, -0.2) is 28.2 Å². The Labute approximate surface area is 204 Å². The summed E-state index contributed by atoms with van der Waals surface area (Å²) in [6.07, 6.45) is 13.8. The summed E-state index contributed by atoms with van der Waals surface area (Å²) >= 11 is 0. The molecule has 0 bridgehead atoms. The minimum atomic E-state index is -1.52. The maximum Gasteiger partial charge on any atom is 0.341 e. The lowest BCUT2D eigenvalue weighted by molar-refractivity contribution is -0.158. The number of benzene rings is 1. The number of hydrogen-bond donors (Lipinski definition) is 0. The largest absolute Gasteiger partial charge is 0.460 e. The van der Waals surface area contributed by atoms with Gasteiger partial charge in [-0.2, -0.15) is 0 Å². The maximum atomic E-state index is 14.1. The van der Waals surface area contributed by atoms with E-state index in [1.807, 2.05) is 19.3 Å². The van der Waals surface area contributed by atoms with E-state index in [-0.39, 0.29) is 12.0 Å². The van der Waals surface area contributed by atoms with Crippen molar-refractivity contribution in [3.63, 3.8) is 0 Å². The van der Waals surface area contributed by atoms with Crippen molar-refractivity contribution in [2.24, 2.45) is 5.92 Å². The fourth-order valence-electron chi connectivity index (χ4n) is 4.65. The molecule has 186 valence electrons. The Morgan fingerprint density at radius 2 is 1.65 bits per heavy atom. The van der Waals surface area contributed by atoms with Gasteiger partial charge in [0.1, 0.15) is 6.10 Å². The fraction of sp³-hybridized carbons (Fsp3) is 0.621. The zero-order valence-electron chi connectivity index (χ0n) is 21.1. The molecule has 1 aromatic carbocycles. The summed E-state index contributed by atoms with van der Waals surface area (Å²) in [5.41, 5.74) is 3.53. The summed E-state index contributed by atoms with van der Waals surface area (Å²) in [5.74, 6) is 0.220. The molecule has 5 heteroatoms. The van der Waals surface area contributed by atoms with Gasteiger partial charge in [-0.05, 0) is 61.5 Å². The van der Waals surface area contributed by atoms with Gasteiger partial charge in [0.05, 0.1) is 0 Å². The van der Waals surface area contributed by atoms with Gasteiger partial charge < -0.3 is 4.74 Å². The van der Waals surface area contributed by atoms with Gasteiger partial charge in [0.15, 0.2) is 12.0 Å². The van der Waals surface area contributed by atoms with Crippen molar-refractivity contribution in [3.8, 4) is 11.4 Å². The highest BCUT2D eigenvalue weighted by Gasteiger charge is 2.30. The smallest absolute Gasteiger partial charge is 0.341 e. The SMILES string of the molecule is CCCCCCCc1cnc(-c2ccc([C@H]3CC[C@H](OC(=O)[C@@H](F)[C@@H](C)CC)CC3)cc2)nc1. The second kappa shape index (κ2) is 13.6. The third kappa shape index (κ3) is 7.61. The first kappa shape index (κ1) is 26.3. The number of carbonyl (C=O) groups excluding carboxylic acids is 1. The third-order valence-corrected chi connectivity index (χ3v) is 7.24. The molecule has 3 rings (SSSR count). The molecule has 1 aliphatic carbocycles. The van der Waals surface area contributed by atoms with Crippen molar-refractivity contribution < 1.29 is 13.9 Å². The third-order valence-electron chi connectivity index (χ3n) is 7.24. The van der Waals surface area contributed by atoms with Gasteiger partial charge in [-0.25, -0.2) is 19.2 Å². The van der Waals surface area contributed by atoms with E-state index >= 15 is 0 Å². The summed E-state index contributed by atoms with van der Waals surface area (Å²) in [5, 5.41) is 0. The normalized spacial score (nSPS) is 20.0. The van der Waals surface area contributed by atoms with Gasteiger partial charge in [-0.3, -0.25) is 0 Å². The van der Waals surface area contributed by atoms with Crippen LogP contribution in [0.3, 0.4) is 0 Å². The van der Waals surface area contributed by atoms with E-state index in [1.165, 1.54) is 43.2 Å². The summed E-state index contributed by atoms with van der Waals surface area (Å²) in [7, 11) is 0. The Hall–Kier alpha value is -2.30. The van der Waals surface area contributed by atoms with Crippen LogP contribution in [0, 0.1) is 5.92 Å².